The van der Waals surface area contributed by atoms with Crippen molar-refractivity contribution < 1.29 is 27.7 Å². The number of anilines is 2. The van der Waals surface area contributed by atoms with E-state index in [2.05, 4.69) is 5.10 Å². The lowest BCUT2D eigenvalue weighted by Gasteiger charge is -2.11. The first-order valence-corrected chi connectivity index (χ1v) is 10.4. The molecule has 5 N–H and O–H groups in total. The van der Waals surface area contributed by atoms with Crippen molar-refractivity contribution in [2.75, 3.05) is 24.0 Å². The third kappa shape index (κ3) is 5.27. The zero-order valence-electron chi connectivity index (χ0n) is 17.3. The molecule has 2 aromatic carbocycles. The Bertz CT molecular complexity index is 1210. The molecule has 0 radical (unpaired) electrons. The van der Waals surface area contributed by atoms with Gasteiger partial charge >= 0.3 is 5.97 Å². The van der Waals surface area contributed by atoms with Gasteiger partial charge in [0.2, 0.25) is 0 Å². The SMILES string of the molecule is CN(C)c1ccc(C=CC=C2C(=O)N(c3ccc(S(=O)(=O)O)cc3)N=C2C(=O)O)cc1.N. The summed E-state index contributed by atoms with van der Waals surface area (Å²) in [5.41, 5.74) is 1.49. The van der Waals surface area contributed by atoms with Crippen molar-refractivity contribution in [3.05, 3.63) is 71.8 Å². The molecule has 0 saturated carbocycles. The number of hydrogen-bond donors (Lipinski definition) is 3. The molecule has 0 aliphatic carbocycles. The Morgan fingerprint density at radius 3 is 2.16 bits per heavy atom. The number of carboxylic acid groups (broad SMARTS) is 1. The van der Waals surface area contributed by atoms with Crippen LogP contribution in [0.1, 0.15) is 5.56 Å². The van der Waals surface area contributed by atoms with Crippen LogP contribution in [0, 0.1) is 0 Å². The highest BCUT2D eigenvalue weighted by atomic mass is 32.2. The van der Waals surface area contributed by atoms with Crippen LogP contribution in [-0.4, -0.2) is 49.8 Å². The maximum atomic E-state index is 12.7. The Balaban J connectivity index is 0.00000363. The van der Waals surface area contributed by atoms with Gasteiger partial charge in [-0.15, -0.1) is 0 Å². The number of rotatable bonds is 6. The molecule has 168 valence electrons. The number of amides is 1. The van der Waals surface area contributed by atoms with Crippen LogP contribution in [0.4, 0.5) is 11.4 Å². The Morgan fingerprint density at radius 2 is 1.66 bits per heavy atom. The summed E-state index contributed by atoms with van der Waals surface area (Å²) in [6.45, 7) is 0. The molecule has 0 spiro atoms. The third-order valence-corrected chi connectivity index (χ3v) is 5.29. The summed E-state index contributed by atoms with van der Waals surface area (Å²) >= 11 is 0. The molecule has 2 aromatic rings. The van der Waals surface area contributed by atoms with Crippen LogP contribution in [-0.2, 0) is 19.7 Å². The van der Waals surface area contributed by atoms with Crippen molar-refractivity contribution >= 4 is 45.2 Å². The number of hydrogen-bond acceptors (Lipinski definition) is 7. The highest BCUT2D eigenvalue weighted by Gasteiger charge is 2.34. The van der Waals surface area contributed by atoms with Crippen molar-refractivity contribution in [2.45, 2.75) is 4.90 Å². The summed E-state index contributed by atoms with van der Waals surface area (Å²) in [4.78, 5) is 25.9. The summed E-state index contributed by atoms with van der Waals surface area (Å²) in [6, 6.07) is 12.3. The zero-order chi connectivity index (χ0) is 22.8. The molecule has 0 fully saturated rings. The fourth-order valence-corrected chi connectivity index (χ4v) is 3.28. The van der Waals surface area contributed by atoms with E-state index in [1.54, 1.807) is 12.2 Å². The lowest BCUT2D eigenvalue weighted by molar-refractivity contribution is -0.129. The summed E-state index contributed by atoms with van der Waals surface area (Å²) in [5, 5.41) is 14.1. The molecule has 0 saturated heterocycles. The molecule has 1 aliphatic heterocycles. The molecule has 10 nitrogen and oxygen atoms in total. The van der Waals surface area contributed by atoms with Gasteiger partial charge in [-0.3, -0.25) is 9.35 Å². The van der Waals surface area contributed by atoms with Crippen molar-refractivity contribution in [3.8, 4) is 0 Å². The van der Waals surface area contributed by atoms with E-state index in [1.165, 1.54) is 18.2 Å². The highest BCUT2D eigenvalue weighted by Crippen LogP contribution is 2.25. The van der Waals surface area contributed by atoms with Crippen molar-refractivity contribution in [1.29, 1.82) is 0 Å². The van der Waals surface area contributed by atoms with Crippen molar-refractivity contribution in [2.24, 2.45) is 5.10 Å². The second-order valence-electron chi connectivity index (χ2n) is 6.77. The first-order valence-electron chi connectivity index (χ1n) is 8.98. The molecule has 0 unspecified atom stereocenters. The number of carbonyl (C=O) groups is 2. The average Bonchev–Trinajstić information content (AvgIpc) is 3.04. The molecule has 1 amide bonds. The van der Waals surface area contributed by atoms with Crippen molar-refractivity contribution in [1.82, 2.24) is 6.15 Å². The van der Waals surface area contributed by atoms with Gasteiger partial charge in [0.15, 0.2) is 5.71 Å². The fourth-order valence-electron chi connectivity index (χ4n) is 2.80. The Hall–Kier alpha value is -3.80. The summed E-state index contributed by atoms with van der Waals surface area (Å²) in [6.07, 6.45) is 4.64. The van der Waals surface area contributed by atoms with E-state index in [0.29, 0.717) is 0 Å². The summed E-state index contributed by atoms with van der Waals surface area (Å²) < 4.78 is 31.4. The molecular weight excluding hydrogens is 436 g/mol. The van der Waals surface area contributed by atoms with Crippen LogP contribution in [0.5, 0.6) is 0 Å². The maximum absolute atomic E-state index is 12.7. The topological polar surface area (TPSA) is 163 Å². The standard InChI is InChI=1S/C21H19N3O6S.H3N/c1-23(2)15-8-6-14(7-9-15)4-3-5-18-19(21(26)27)22-24(20(18)25)16-10-12-17(13-11-16)31(28,29)30;/h3-13H,1-2H3,(H,26,27)(H,28,29,30);1H3. The number of aliphatic carboxylic acids is 1. The first-order chi connectivity index (χ1) is 14.6. The molecule has 3 rings (SSSR count). The number of carboxylic acids is 1. The van der Waals surface area contributed by atoms with Gasteiger partial charge in [0.25, 0.3) is 16.0 Å². The van der Waals surface area contributed by atoms with Crippen LogP contribution in [0.3, 0.4) is 0 Å². The molecule has 0 aromatic heterocycles. The maximum Gasteiger partial charge on any atom is 0.357 e. The summed E-state index contributed by atoms with van der Waals surface area (Å²) in [7, 11) is -0.541. The molecule has 1 heterocycles. The predicted octanol–water partition coefficient (Wildman–Crippen LogP) is 2.59. The van der Waals surface area contributed by atoms with E-state index in [-0.39, 0.29) is 22.3 Å². The van der Waals surface area contributed by atoms with E-state index >= 15 is 0 Å². The lowest BCUT2D eigenvalue weighted by atomic mass is 10.1. The minimum atomic E-state index is -4.39. The minimum Gasteiger partial charge on any atom is -0.476 e. The van der Waals surface area contributed by atoms with Gasteiger partial charge in [0.1, 0.15) is 0 Å². The second kappa shape index (κ2) is 9.56. The average molecular weight is 458 g/mol. The van der Waals surface area contributed by atoms with Gasteiger partial charge in [-0.1, -0.05) is 24.3 Å². The first kappa shape index (κ1) is 24.5. The number of allylic oxidation sites excluding steroid dienone is 2. The van der Waals surface area contributed by atoms with E-state index in [4.69, 9.17) is 4.55 Å². The van der Waals surface area contributed by atoms with E-state index in [0.717, 1.165) is 28.4 Å². The number of hydrazone groups is 1. The quantitative estimate of drug-likeness (QED) is 0.439. The molecular formula is C21H22N4O6S. The normalized spacial score (nSPS) is 15.1. The number of benzene rings is 2. The Morgan fingerprint density at radius 1 is 1.06 bits per heavy atom. The molecule has 11 heteroatoms. The van der Waals surface area contributed by atoms with Crippen molar-refractivity contribution in [3.63, 3.8) is 0 Å². The Kier molecular flexibility index (Phi) is 7.31. The molecule has 0 bridgehead atoms. The fraction of sp³-hybridized carbons (Fsp3) is 0.0952. The third-order valence-electron chi connectivity index (χ3n) is 4.42. The van der Waals surface area contributed by atoms with Crippen LogP contribution in [0.2, 0.25) is 0 Å². The number of carbonyl (C=O) groups excluding carboxylic acids is 1. The highest BCUT2D eigenvalue weighted by molar-refractivity contribution is 7.85. The predicted molar refractivity (Wildman–Crippen MR) is 122 cm³/mol. The summed E-state index contributed by atoms with van der Waals surface area (Å²) in [5.74, 6) is -2.05. The molecule has 0 atom stereocenters. The zero-order valence-corrected chi connectivity index (χ0v) is 18.2. The van der Waals surface area contributed by atoms with E-state index in [1.807, 2.05) is 43.3 Å². The smallest absolute Gasteiger partial charge is 0.357 e. The largest absolute Gasteiger partial charge is 0.476 e. The van der Waals surface area contributed by atoms with Gasteiger partial charge in [-0.05, 0) is 48.0 Å². The van der Waals surface area contributed by atoms with Gasteiger partial charge < -0.3 is 16.2 Å². The molecule has 1 aliphatic rings. The van der Waals surface area contributed by atoms with E-state index in [9.17, 15) is 23.1 Å². The Labute approximate surface area is 185 Å². The van der Waals surface area contributed by atoms with Crippen LogP contribution in [0.15, 0.2) is 76.3 Å². The van der Waals surface area contributed by atoms with E-state index < -0.39 is 27.7 Å². The number of nitrogens with zero attached hydrogens (tertiary/aromatic N) is 3. The second-order valence-corrected chi connectivity index (χ2v) is 8.19. The van der Waals surface area contributed by atoms with Crippen LogP contribution >= 0.6 is 0 Å². The van der Waals surface area contributed by atoms with Crippen LogP contribution < -0.4 is 16.1 Å². The molecule has 32 heavy (non-hydrogen) atoms. The lowest BCUT2D eigenvalue weighted by Crippen LogP contribution is -2.22. The van der Waals surface area contributed by atoms with Gasteiger partial charge in [0, 0.05) is 19.8 Å². The minimum absolute atomic E-state index is 0. The van der Waals surface area contributed by atoms with Crippen LogP contribution in [0.25, 0.3) is 6.08 Å². The van der Waals surface area contributed by atoms with Gasteiger partial charge in [0.05, 0.1) is 16.2 Å². The monoisotopic (exact) mass is 458 g/mol. The van der Waals surface area contributed by atoms with Gasteiger partial charge in [-0.2, -0.15) is 18.5 Å². The van der Waals surface area contributed by atoms with Gasteiger partial charge in [-0.25, -0.2) is 4.79 Å².